The predicted molar refractivity (Wildman–Crippen MR) is 94.4 cm³/mol. The van der Waals surface area contributed by atoms with Gasteiger partial charge in [-0.15, -0.1) is 0 Å². The smallest absolute Gasteiger partial charge is 0.317 e. The van der Waals surface area contributed by atoms with Crippen molar-refractivity contribution in [2.75, 3.05) is 5.32 Å². The summed E-state index contributed by atoms with van der Waals surface area (Å²) in [4.78, 5) is 23.6. The van der Waals surface area contributed by atoms with E-state index in [1.807, 2.05) is 50.2 Å². The Kier molecular flexibility index (Phi) is 5.65. The normalized spacial score (nSPS) is 10.6. The molecular weight excluding hydrogens is 358 g/mol. The summed E-state index contributed by atoms with van der Waals surface area (Å²) in [5.74, 6) is -1.58. The van der Waals surface area contributed by atoms with Gasteiger partial charge in [-0.05, 0) is 48.7 Å². The minimum absolute atomic E-state index is 0.613. The number of anilines is 1. The molecule has 118 valence electrons. The van der Waals surface area contributed by atoms with Crippen LogP contribution in [0.1, 0.15) is 16.7 Å². The SMILES string of the molecule is Cc1cccc(NC(=O)C(=O)N/N=C\c2ccc(Br)cc2)c1C. The van der Waals surface area contributed by atoms with Crippen LogP contribution in [0.5, 0.6) is 0 Å². The van der Waals surface area contributed by atoms with E-state index in [1.54, 1.807) is 6.07 Å². The van der Waals surface area contributed by atoms with E-state index in [0.717, 1.165) is 21.2 Å². The second-order valence-electron chi connectivity index (χ2n) is 4.95. The van der Waals surface area contributed by atoms with Gasteiger partial charge in [0.1, 0.15) is 0 Å². The number of rotatable bonds is 3. The van der Waals surface area contributed by atoms with E-state index in [9.17, 15) is 9.59 Å². The van der Waals surface area contributed by atoms with Crippen LogP contribution in [0.25, 0.3) is 0 Å². The Bertz CT molecular complexity index is 755. The first kappa shape index (κ1) is 16.9. The monoisotopic (exact) mass is 373 g/mol. The van der Waals surface area contributed by atoms with Crippen molar-refractivity contribution in [1.82, 2.24) is 5.43 Å². The minimum Gasteiger partial charge on any atom is -0.317 e. The molecule has 0 atom stereocenters. The number of halogens is 1. The molecule has 2 N–H and O–H groups in total. The predicted octanol–water partition coefficient (Wildman–Crippen LogP) is 3.15. The second kappa shape index (κ2) is 7.69. The van der Waals surface area contributed by atoms with Crippen LogP contribution in [0.4, 0.5) is 5.69 Å². The maximum atomic E-state index is 11.9. The molecule has 0 fully saturated rings. The van der Waals surface area contributed by atoms with Crippen molar-refractivity contribution < 1.29 is 9.59 Å². The molecule has 2 aromatic rings. The summed E-state index contributed by atoms with van der Waals surface area (Å²) < 4.78 is 0.951. The number of carbonyl (C=O) groups excluding carboxylic acids is 2. The quantitative estimate of drug-likeness (QED) is 0.492. The van der Waals surface area contributed by atoms with E-state index in [0.29, 0.717) is 5.69 Å². The third kappa shape index (κ3) is 4.75. The van der Waals surface area contributed by atoms with Crippen LogP contribution < -0.4 is 10.7 Å². The van der Waals surface area contributed by atoms with Crippen LogP contribution in [-0.4, -0.2) is 18.0 Å². The van der Waals surface area contributed by atoms with Crippen LogP contribution in [0.2, 0.25) is 0 Å². The van der Waals surface area contributed by atoms with Crippen molar-refractivity contribution in [3.05, 3.63) is 63.6 Å². The summed E-state index contributed by atoms with van der Waals surface area (Å²) in [6.45, 7) is 3.82. The van der Waals surface area contributed by atoms with Gasteiger partial charge >= 0.3 is 11.8 Å². The van der Waals surface area contributed by atoms with Gasteiger partial charge in [0, 0.05) is 10.2 Å². The molecule has 0 aliphatic heterocycles. The van der Waals surface area contributed by atoms with Gasteiger partial charge in [0.15, 0.2) is 0 Å². The molecule has 0 saturated heterocycles. The number of carbonyl (C=O) groups is 2. The summed E-state index contributed by atoms with van der Waals surface area (Å²) in [5.41, 5.74) is 5.59. The fraction of sp³-hybridized carbons (Fsp3) is 0.118. The fourth-order valence-corrected chi connectivity index (χ4v) is 2.09. The molecule has 5 nitrogen and oxygen atoms in total. The van der Waals surface area contributed by atoms with Crippen molar-refractivity contribution >= 4 is 39.6 Å². The van der Waals surface area contributed by atoms with E-state index in [-0.39, 0.29) is 0 Å². The van der Waals surface area contributed by atoms with Gasteiger partial charge in [-0.1, -0.05) is 40.2 Å². The zero-order valence-electron chi connectivity index (χ0n) is 12.8. The average molecular weight is 374 g/mol. The number of nitrogens with zero attached hydrogens (tertiary/aromatic N) is 1. The van der Waals surface area contributed by atoms with Crippen LogP contribution in [0, 0.1) is 13.8 Å². The molecule has 0 bridgehead atoms. The lowest BCUT2D eigenvalue weighted by Crippen LogP contribution is -2.32. The van der Waals surface area contributed by atoms with E-state index >= 15 is 0 Å². The number of hydrogen-bond acceptors (Lipinski definition) is 3. The Hall–Kier alpha value is -2.47. The topological polar surface area (TPSA) is 70.6 Å². The zero-order chi connectivity index (χ0) is 16.8. The largest absolute Gasteiger partial charge is 0.329 e. The van der Waals surface area contributed by atoms with Crippen LogP contribution >= 0.6 is 15.9 Å². The maximum Gasteiger partial charge on any atom is 0.329 e. The van der Waals surface area contributed by atoms with Gasteiger partial charge in [0.25, 0.3) is 0 Å². The lowest BCUT2D eigenvalue weighted by molar-refractivity contribution is -0.136. The molecule has 2 aromatic carbocycles. The molecular formula is C17H16BrN3O2. The number of aryl methyl sites for hydroxylation is 1. The molecule has 0 heterocycles. The van der Waals surface area contributed by atoms with E-state index in [2.05, 4.69) is 31.8 Å². The van der Waals surface area contributed by atoms with Gasteiger partial charge in [-0.25, -0.2) is 5.43 Å². The minimum atomic E-state index is -0.820. The number of hydrogen-bond donors (Lipinski definition) is 2. The summed E-state index contributed by atoms with van der Waals surface area (Å²) in [6, 6.07) is 12.9. The third-order valence-electron chi connectivity index (χ3n) is 3.31. The van der Waals surface area contributed by atoms with Crippen molar-refractivity contribution in [2.45, 2.75) is 13.8 Å². The van der Waals surface area contributed by atoms with Gasteiger partial charge in [0.2, 0.25) is 0 Å². The molecule has 0 aliphatic carbocycles. The highest BCUT2D eigenvalue weighted by molar-refractivity contribution is 9.10. The molecule has 6 heteroatoms. The number of hydrazone groups is 1. The highest BCUT2D eigenvalue weighted by atomic mass is 79.9. The Morgan fingerprint density at radius 1 is 1.04 bits per heavy atom. The molecule has 23 heavy (non-hydrogen) atoms. The van der Waals surface area contributed by atoms with Gasteiger partial charge < -0.3 is 5.32 Å². The molecule has 0 aromatic heterocycles. The fourth-order valence-electron chi connectivity index (χ4n) is 1.83. The molecule has 2 amide bonds. The standard InChI is InChI=1S/C17H16BrN3O2/c1-11-4-3-5-15(12(11)2)20-16(22)17(23)21-19-10-13-6-8-14(18)9-7-13/h3-10H,1-2H3,(H,20,22)(H,21,23)/b19-10-. The Morgan fingerprint density at radius 3 is 2.43 bits per heavy atom. The van der Waals surface area contributed by atoms with Crippen LogP contribution in [0.15, 0.2) is 52.0 Å². The van der Waals surface area contributed by atoms with Crippen molar-refractivity contribution in [1.29, 1.82) is 0 Å². The van der Waals surface area contributed by atoms with Gasteiger partial charge in [0.05, 0.1) is 6.21 Å². The van der Waals surface area contributed by atoms with Crippen molar-refractivity contribution in [3.63, 3.8) is 0 Å². The van der Waals surface area contributed by atoms with Crippen molar-refractivity contribution in [2.24, 2.45) is 5.10 Å². The Morgan fingerprint density at radius 2 is 1.74 bits per heavy atom. The van der Waals surface area contributed by atoms with Crippen LogP contribution in [0.3, 0.4) is 0 Å². The summed E-state index contributed by atoms with van der Waals surface area (Å²) >= 11 is 3.33. The first-order valence-corrected chi connectivity index (χ1v) is 7.73. The number of benzene rings is 2. The van der Waals surface area contributed by atoms with Crippen molar-refractivity contribution in [3.8, 4) is 0 Å². The van der Waals surface area contributed by atoms with E-state index in [4.69, 9.17) is 0 Å². The second-order valence-corrected chi connectivity index (χ2v) is 5.87. The molecule has 0 radical (unpaired) electrons. The number of amides is 2. The highest BCUT2D eigenvalue weighted by Crippen LogP contribution is 2.17. The zero-order valence-corrected chi connectivity index (χ0v) is 14.3. The van der Waals surface area contributed by atoms with Gasteiger partial charge in [-0.2, -0.15) is 5.10 Å². The highest BCUT2D eigenvalue weighted by Gasteiger charge is 2.14. The molecule has 0 spiro atoms. The van der Waals surface area contributed by atoms with Crippen LogP contribution in [-0.2, 0) is 9.59 Å². The summed E-state index contributed by atoms with van der Waals surface area (Å²) in [6.07, 6.45) is 1.47. The summed E-state index contributed by atoms with van der Waals surface area (Å²) in [5, 5.41) is 6.35. The molecule has 0 unspecified atom stereocenters. The van der Waals surface area contributed by atoms with Gasteiger partial charge in [-0.3, -0.25) is 9.59 Å². The Balaban J connectivity index is 1.94. The first-order valence-electron chi connectivity index (χ1n) is 6.93. The average Bonchev–Trinajstić information content (AvgIpc) is 2.53. The lowest BCUT2D eigenvalue weighted by atomic mass is 10.1. The summed E-state index contributed by atoms with van der Waals surface area (Å²) in [7, 11) is 0. The van der Waals surface area contributed by atoms with E-state index in [1.165, 1.54) is 6.21 Å². The Labute approximate surface area is 142 Å². The molecule has 0 aliphatic rings. The van der Waals surface area contributed by atoms with E-state index < -0.39 is 11.8 Å². The maximum absolute atomic E-state index is 11.9. The third-order valence-corrected chi connectivity index (χ3v) is 3.84. The number of nitrogens with one attached hydrogen (secondary N) is 2. The molecule has 2 rings (SSSR count). The first-order chi connectivity index (χ1) is 11.0. The lowest BCUT2D eigenvalue weighted by Gasteiger charge is -2.09. The molecule has 0 saturated carbocycles.